The number of rotatable bonds is 2. The molecule has 7 nitrogen and oxygen atoms in total. The van der Waals surface area contributed by atoms with Gasteiger partial charge in [0.05, 0.1) is 12.8 Å². The summed E-state index contributed by atoms with van der Waals surface area (Å²) in [6.07, 6.45) is -0.502. The van der Waals surface area contributed by atoms with E-state index in [0.717, 1.165) is 12.1 Å². The van der Waals surface area contributed by atoms with Crippen molar-refractivity contribution in [3.63, 3.8) is 0 Å². The lowest BCUT2D eigenvalue weighted by Gasteiger charge is -2.33. The Morgan fingerprint density at radius 2 is 1.90 bits per heavy atom. The van der Waals surface area contributed by atoms with E-state index in [2.05, 4.69) is 4.74 Å². The lowest BCUT2D eigenvalue weighted by molar-refractivity contribution is 0.108. The van der Waals surface area contributed by atoms with E-state index >= 15 is 0 Å². The topological polar surface area (TPSA) is 92.9 Å². The molecular weight excluding hydrogens is 301 g/mol. The molecule has 1 aromatic carbocycles. The second kappa shape index (κ2) is 5.86. The molecule has 1 aromatic rings. The van der Waals surface area contributed by atoms with Gasteiger partial charge in [-0.1, -0.05) is 0 Å². The molecule has 116 valence electrons. The van der Waals surface area contributed by atoms with Crippen molar-refractivity contribution in [3.8, 4) is 0 Å². The van der Waals surface area contributed by atoms with Gasteiger partial charge >= 0.3 is 6.09 Å². The summed E-state index contributed by atoms with van der Waals surface area (Å²) in [5.74, 6) is -0.670. The van der Waals surface area contributed by atoms with Gasteiger partial charge in [0.2, 0.25) is 10.0 Å². The van der Waals surface area contributed by atoms with Crippen molar-refractivity contribution >= 4 is 21.8 Å². The monoisotopic (exact) mass is 317 g/mol. The number of hydrogen-bond donors (Lipinski definition) is 1. The summed E-state index contributed by atoms with van der Waals surface area (Å²) in [6, 6.07) is 3.22. The number of carbonyl (C=O) groups is 1. The maximum atomic E-state index is 13.3. The Balaban J connectivity index is 2.19. The van der Waals surface area contributed by atoms with Crippen LogP contribution in [0.1, 0.15) is 0 Å². The van der Waals surface area contributed by atoms with Crippen LogP contribution in [0.3, 0.4) is 0 Å². The quantitative estimate of drug-likeness (QED) is 0.801. The first-order valence-corrected chi connectivity index (χ1v) is 7.68. The number of anilines is 1. The number of halogens is 1. The Morgan fingerprint density at radius 3 is 2.48 bits per heavy atom. The fraction of sp³-hybridized carbons (Fsp3) is 0.417. The highest BCUT2D eigenvalue weighted by molar-refractivity contribution is 7.89. The molecule has 0 spiro atoms. The summed E-state index contributed by atoms with van der Waals surface area (Å²) in [5.41, 5.74) is 5.61. The summed E-state index contributed by atoms with van der Waals surface area (Å²) >= 11 is 0. The number of piperazine rings is 1. The third kappa shape index (κ3) is 3.08. The number of ether oxygens (including phenoxy) is 1. The van der Waals surface area contributed by atoms with Crippen molar-refractivity contribution < 1.29 is 22.3 Å². The van der Waals surface area contributed by atoms with Crippen LogP contribution in [0.25, 0.3) is 0 Å². The molecular formula is C12H16FN3O4S. The highest BCUT2D eigenvalue weighted by Crippen LogP contribution is 2.24. The van der Waals surface area contributed by atoms with Gasteiger partial charge < -0.3 is 15.4 Å². The number of benzene rings is 1. The minimum atomic E-state index is -3.88. The Kier molecular flexibility index (Phi) is 4.33. The van der Waals surface area contributed by atoms with Gasteiger partial charge in [0.25, 0.3) is 0 Å². The molecule has 2 N–H and O–H groups in total. The molecule has 1 aliphatic heterocycles. The number of methoxy groups -OCH3 is 1. The fourth-order valence-electron chi connectivity index (χ4n) is 2.11. The Hall–Kier alpha value is -1.87. The van der Waals surface area contributed by atoms with Crippen molar-refractivity contribution in [2.45, 2.75) is 4.90 Å². The number of amides is 1. The first-order chi connectivity index (χ1) is 9.86. The zero-order valence-corrected chi connectivity index (χ0v) is 12.3. The van der Waals surface area contributed by atoms with Gasteiger partial charge in [-0.05, 0) is 18.2 Å². The van der Waals surface area contributed by atoms with Gasteiger partial charge in [0.1, 0.15) is 10.7 Å². The molecule has 1 saturated heterocycles. The summed E-state index contributed by atoms with van der Waals surface area (Å²) < 4.78 is 43.9. The van der Waals surface area contributed by atoms with E-state index in [0.29, 0.717) is 0 Å². The van der Waals surface area contributed by atoms with Crippen molar-refractivity contribution in [2.24, 2.45) is 0 Å². The first-order valence-electron chi connectivity index (χ1n) is 6.24. The minimum Gasteiger partial charge on any atom is -0.453 e. The molecule has 0 radical (unpaired) electrons. The predicted molar refractivity (Wildman–Crippen MR) is 73.5 cm³/mol. The van der Waals surface area contributed by atoms with E-state index in [4.69, 9.17) is 5.73 Å². The Bertz CT molecular complexity index is 642. The normalized spacial score (nSPS) is 16.8. The molecule has 1 aliphatic rings. The van der Waals surface area contributed by atoms with Crippen LogP contribution in [0.2, 0.25) is 0 Å². The highest BCUT2D eigenvalue weighted by Gasteiger charge is 2.31. The summed E-state index contributed by atoms with van der Waals surface area (Å²) in [4.78, 5) is 12.5. The van der Waals surface area contributed by atoms with Gasteiger partial charge in [-0.25, -0.2) is 17.6 Å². The molecule has 1 heterocycles. The van der Waals surface area contributed by atoms with Crippen LogP contribution < -0.4 is 5.73 Å². The number of nitrogens with zero attached hydrogens (tertiary/aromatic N) is 2. The number of carbonyl (C=O) groups excluding carboxylic acids is 1. The Morgan fingerprint density at radius 1 is 1.29 bits per heavy atom. The van der Waals surface area contributed by atoms with Crippen LogP contribution in [0.15, 0.2) is 23.1 Å². The van der Waals surface area contributed by atoms with E-state index in [1.165, 1.54) is 22.4 Å². The van der Waals surface area contributed by atoms with E-state index in [9.17, 15) is 17.6 Å². The molecule has 0 aromatic heterocycles. The average Bonchev–Trinajstić information content (AvgIpc) is 2.49. The molecule has 0 saturated carbocycles. The smallest absolute Gasteiger partial charge is 0.409 e. The van der Waals surface area contributed by atoms with Gasteiger partial charge in [0, 0.05) is 26.2 Å². The lowest BCUT2D eigenvalue weighted by atomic mass is 10.3. The standard InChI is InChI=1S/C12H16FN3O4S/c1-20-12(17)15-4-6-16(7-5-15)21(18,19)11-8-9(13)2-3-10(11)14/h2-3,8H,4-7,14H2,1H3. The molecule has 0 bridgehead atoms. The third-order valence-corrected chi connectivity index (χ3v) is 5.22. The van der Waals surface area contributed by atoms with Crippen molar-refractivity contribution in [2.75, 3.05) is 39.0 Å². The highest BCUT2D eigenvalue weighted by atomic mass is 32.2. The molecule has 1 fully saturated rings. The molecule has 2 rings (SSSR count). The van der Waals surface area contributed by atoms with Crippen LogP contribution in [-0.4, -0.2) is 57.0 Å². The molecule has 21 heavy (non-hydrogen) atoms. The summed E-state index contributed by atoms with van der Waals surface area (Å²) in [6.45, 7) is 0.628. The van der Waals surface area contributed by atoms with Gasteiger partial charge in [-0.2, -0.15) is 4.31 Å². The number of nitrogens with two attached hydrogens (primary N) is 1. The maximum absolute atomic E-state index is 13.3. The number of hydrogen-bond acceptors (Lipinski definition) is 5. The van der Waals surface area contributed by atoms with E-state index in [1.807, 2.05) is 0 Å². The van der Waals surface area contributed by atoms with E-state index < -0.39 is 21.9 Å². The van der Waals surface area contributed by atoms with Crippen LogP contribution in [-0.2, 0) is 14.8 Å². The molecule has 0 atom stereocenters. The third-order valence-electron chi connectivity index (χ3n) is 3.26. The van der Waals surface area contributed by atoms with Gasteiger partial charge in [-0.3, -0.25) is 0 Å². The first kappa shape index (κ1) is 15.5. The summed E-state index contributed by atoms with van der Waals surface area (Å²) in [5, 5.41) is 0. The Labute approximate surface area is 122 Å². The number of nitrogen functional groups attached to an aromatic ring is 1. The largest absolute Gasteiger partial charge is 0.453 e. The predicted octanol–water partition coefficient (Wildman–Crippen LogP) is 0.481. The fourth-order valence-corrected chi connectivity index (χ4v) is 3.66. The summed E-state index contributed by atoms with van der Waals surface area (Å²) in [7, 11) is -2.62. The van der Waals surface area contributed by atoms with Gasteiger partial charge in [-0.15, -0.1) is 0 Å². The van der Waals surface area contributed by atoms with Crippen molar-refractivity contribution in [1.29, 1.82) is 0 Å². The molecule has 0 aliphatic carbocycles. The van der Waals surface area contributed by atoms with Crippen LogP contribution >= 0.6 is 0 Å². The maximum Gasteiger partial charge on any atom is 0.409 e. The lowest BCUT2D eigenvalue weighted by Crippen LogP contribution is -2.50. The van der Waals surface area contributed by atoms with Crippen LogP contribution in [0, 0.1) is 5.82 Å². The molecule has 1 amide bonds. The second-order valence-electron chi connectivity index (χ2n) is 4.54. The SMILES string of the molecule is COC(=O)N1CCN(S(=O)(=O)c2cc(F)ccc2N)CC1. The van der Waals surface area contributed by atoms with E-state index in [1.54, 1.807) is 0 Å². The zero-order chi connectivity index (χ0) is 15.6. The average molecular weight is 317 g/mol. The van der Waals surface area contributed by atoms with Crippen LogP contribution in [0.5, 0.6) is 0 Å². The number of sulfonamides is 1. The van der Waals surface area contributed by atoms with Crippen molar-refractivity contribution in [1.82, 2.24) is 9.21 Å². The molecule has 9 heteroatoms. The van der Waals surface area contributed by atoms with Gasteiger partial charge in [0.15, 0.2) is 0 Å². The minimum absolute atomic E-state index is 0.00759. The second-order valence-corrected chi connectivity index (χ2v) is 6.45. The zero-order valence-electron chi connectivity index (χ0n) is 11.5. The van der Waals surface area contributed by atoms with Crippen LogP contribution in [0.4, 0.5) is 14.9 Å². The van der Waals surface area contributed by atoms with Crippen molar-refractivity contribution in [3.05, 3.63) is 24.0 Å². The molecule has 0 unspecified atom stereocenters. The van der Waals surface area contributed by atoms with E-state index in [-0.39, 0.29) is 36.8 Å².